The van der Waals surface area contributed by atoms with Crippen LogP contribution in [-0.4, -0.2) is 112 Å². The number of nitrogens with zero attached hydrogens (tertiary/aromatic N) is 4. The van der Waals surface area contributed by atoms with Crippen molar-refractivity contribution in [2.45, 2.75) is 118 Å². The van der Waals surface area contributed by atoms with Crippen molar-refractivity contribution < 1.29 is 19.2 Å². The van der Waals surface area contributed by atoms with Crippen LogP contribution in [0.15, 0.2) is 11.6 Å². The van der Waals surface area contributed by atoms with Gasteiger partial charge in [-0.2, -0.15) is 0 Å². The molecular formula is C32H55N5O4S. The largest absolute Gasteiger partial charge is 0.342 e. The lowest BCUT2D eigenvalue weighted by molar-refractivity contribution is -0.142. The van der Waals surface area contributed by atoms with Gasteiger partial charge in [-0.25, -0.2) is 0 Å². The summed E-state index contributed by atoms with van der Waals surface area (Å²) in [5, 5.41) is 3.14. The minimum atomic E-state index is -0.712. The van der Waals surface area contributed by atoms with Crippen molar-refractivity contribution in [2.24, 2.45) is 11.3 Å². The van der Waals surface area contributed by atoms with E-state index >= 15 is 0 Å². The molecule has 4 atom stereocenters. The average molecular weight is 606 g/mol. The van der Waals surface area contributed by atoms with Gasteiger partial charge in [-0.1, -0.05) is 47.1 Å². The quantitative estimate of drug-likeness (QED) is 0.403. The van der Waals surface area contributed by atoms with Crippen molar-refractivity contribution in [1.82, 2.24) is 24.9 Å². The third-order valence-corrected chi connectivity index (χ3v) is 9.97. The Bertz CT molecular complexity index is 1020. The molecule has 0 bridgehead atoms. The predicted octanol–water partition coefficient (Wildman–Crippen LogP) is 3.73. The van der Waals surface area contributed by atoms with Gasteiger partial charge < -0.3 is 20.0 Å². The zero-order valence-electron chi connectivity index (χ0n) is 27.4. The van der Waals surface area contributed by atoms with E-state index in [1.54, 1.807) is 35.5 Å². The van der Waals surface area contributed by atoms with Crippen LogP contribution in [0.5, 0.6) is 0 Å². The maximum atomic E-state index is 14.1. The van der Waals surface area contributed by atoms with Crippen LogP contribution >= 0.6 is 11.8 Å². The van der Waals surface area contributed by atoms with Gasteiger partial charge in [0.25, 0.3) is 0 Å². The molecule has 3 heterocycles. The van der Waals surface area contributed by atoms with E-state index < -0.39 is 17.5 Å². The minimum absolute atomic E-state index is 0.0328. The number of likely N-dealkylation sites (tertiary alicyclic amines) is 2. The molecule has 42 heavy (non-hydrogen) atoms. The zero-order valence-corrected chi connectivity index (χ0v) is 28.3. The second kappa shape index (κ2) is 14.6. The Hall–Kier alpha value is -2.07. The number of carbonyl (C=O) groups excluding carboxylic acids is 4. The molecule has 9 nitrogen and oxygen atoms in total. The lowest BCUT2D eigenvalue weighted by Crippen LogP contribution is -2.60. The second-order valence-electron chi connectivity index (χ2n) is 14.0. The molecule has 0 aromatic heterocycles. The Morgan fingerprint density at radius 3 is 2.19 bits per heavy atom. The Kier molecular flexibility index (Phi) is 12.0. The molecule has 0 radical (unpaired) electrons. The average Bonchev–Trinajstić information content (AvgIpc) is 3.65. The molecule has 10 heteroatoms. The molecule has 0 saturated carbocycles. The second-order valence-corrected chi connectivity index (χ2v) is 15.1. The smallest absolute Gasteiger partial charge is 0.249 e. The normalized spacial score (nSPS) is 23.8. The molecule has 0 aliphatic carbocycles. The molecule has 238 valence electrons. The van der Waals surface area contributed by atoms with Crippen molar-refractivity contribution in [3.63, 3.8) is 0 Å². The van der Waals surface area contributed by atoms with Gasteiger partial charge in [0.1, 0.15) is 12.1 Å². The van der Waals surface area contributed by atoms with Gasteiger partial charge in [0.05, 0.1) is 18.0 Å². The molecule has 4 amide bonds. The standard InChI is InChI=1S/C32H55N5O4S/c1-21(2)26(19-23(5)29(39)37-16-12-14-25(37)30(40)35-17-18-42-20-35)34(9)31(41)27(32(6,7)8)33-28(38)24-13-10-11-15-36(24)22(3)4/h19,21-22,24-27H,10-18,20H2,1-9H3,(H,33,38)/b23-19+/t24-,25+,26?,27-/m1/s1. The molecule has 1 N–H and O–H groups in total. The van der Waals surface area contributed by atoms with Gasteiger partial charge in [-0.3, -0.25) is 24.1 Å². The van der Waals surface area contributed by atoms with Crippen molar-refractivity contribution in [2.75, 3.05) is 38.3 Å². The molecule has 0 spiro atoms. The van der Waals surface area contributed by atoms with E-state index in [4.69, 9.17) is 0 Å². The summed E-state index contributed by atoms with van der Waals surface area (Å²) in [4.78, 5) is 62.0. The first-order chi connectivity index (χ1) is 19.6. The van der Waals surface area contributed by atoms with Crippen LogP contribution in [0.2, 0.25) is 0 Å². The Balaban J connectivity index is 1.78. The maximum absolute atomic E-state index is 14.1. The lowest BCUT2D eigenvalue weighted by Gasteiger charge is -2.41. The summed E-state index contributed by atoms with van der Waals surface area (Å²) in [5.74, 6) is 1.31. The molecule has 3 saturated heterocycles. The summed E-state index contributed by atoms with van der Waals surface area (Å²) >= 11 is 1.74. The molecule has 0 aromatic rings. The number of likely N-dealkylation sites (N-methyl/N-ethyl adjacent to an activating group) is 1. The van der Waals surface area contributed by atoms with E-state index in [1.165, 1.54) is 0 Å². The maximum Gasteiger partial charge on any atom is 0.249 e. The predicted molar refractivity (Wildman–Crippen MR) is 170 cm³/mol. The fourth-order valence-corrected chi connectivity index (χ4v) is 7.42. The minimum Gasteiger partial charge on any atom is -0.342 e. The number of thioether (sulfide) groups is 1. The van der Waals surface area contributed by atoms with E-state index in [1.807, 2.05) is 45.6 Å². The first kappa shape index (κ1) is 34.4. The van der Waals surface area contributed by atoms with Crippen LogP contribution in [-0.2, 0) is 19.2 Å². The number of amides is 4. The third kappa shape index (κ3) is 8.10. The Morgan fingerprint density at radius 1 is 0.952 bits per heavy atom. The van der Waals surface area contributed by atoms with Gasteiger partial charge >= 0.3 is 0 Å². The van der Waals surface area contributed by atoms with Crippen molar-refractivity contribution in [3.8, 4) is 0 Å². The number of rotatable bonds is 9. The fourth-order valence-electron chi connectivity index (χ4n) is 6.46. The van der Waals surface area contributed by atoms with E-state index in [9.17, 15) is 19.2 Å². The van der Waals surface area contributed by atoms with Crippen LogP contribution in [0.4, 0.5) is 0 Å². The Morgan fingerprint density at radius 2 is 1.62 bits per heavy atom. The van der Waals surface area contributed by atoms with Gasteiger partial charge in [0, 0.05) is 37.5 Å². The van der Waals surface area contributed by atoms with E-state index in [-0.39, 0.29) is 47.7 Å². The SMILES string of the molecule is C/C(=C\C(C(C)C)N(C)C(=O)[C@@H](NC(=O)[C@H]1CCCCN1C(C)C)C(C)(C)C)C(=O)N1CCC[C@H]1C(=O)N1CCSC1. The molecule has 3 aliphatic heterocycles. The third-order valence-electron chi connectivity index (χ3n) is 9.01. The van der Waals surface area contributed by atoms with E-state index in [2.05, 4.69) is 24.1 Å². The highest BCUT2D eigenvalue weighted by Crippen LogP contribution is 2.28. The summed E-state index contributed by atoms with van der Waals surface area (Å²) in [6.45, 7) is 18.2. The summed E-state index contributed by atoms with van der Waals surface area (Å²) in [6.07, 6.45) is 6.25. The van der Waals surface area contributed by atoms with Crippen molar-refractivity contribution in [1.29, 1.82) is 0 Å². The summed E-state index contributed by atoms with van der Waals surface area (Å²) in [6, 6.07) is -1.46. The molecule has 3 aliphatic rings. The molecule has 3 fully saturated rings. The number of piperidine rings is 1. The summed E-state index contributed by atoms with van der Waals surface area (Å²) in [5.41, 5.74) is 0.0285. The highest BCUT2D eigenvalue weighted by molar-refractivity contribution is 7.99. The van der Waals surface area contributed by atoms with E-state index in [0.29, 0.717) is 24.4 Å². The van der Waals surface area contributed by atoms with Gasteiger partial charge in [-0.05, 0) is 64.3 Å². The van der Waals surface area contributed by atoms with Crippen molar-refractivity contribution in [3.05, 3.63) is 11.6 Å². The topological polar surface area (TPSA) is 93.3 Å². The zero-order chi connectivity index (χ0) is 31.4. The monoisotopic (exact) mass is 605 g/mol. The van der Waals surface area contributed by atoms with Crippen LogP contribution < -0.4 is 5.32 Å². The number of hydrogen-bond donors (Lipinski definition) is 1. The Labute approximate surface area is 258 Å². The van der Waals surface area contributed by atoms with E-state index in [0.717, 1.165) is 44.5 Å². The molecular weight excluding hydrogens is 550 g/mol. The molecule has 1 unspecified atom stereocenters. The number of nitrogens with one attached hydrogen (secondary N) is 1. The van der Waals surface area contributed by atoms with Crippen molar-refractivity contribution >= 4 is 35.4 Å². The number of carbonyl (C=O) groups is 4. The van der Waals surface area contributed by atoms with Crippen LogP contribution in [0.1, 0.15) is 87.5 Å². The lowest BCUT2D eigenvalue weighted by atomic mass is 9.84. The van der Waals surface area contributed by atoms with Crippen LogP contribution in [0.25, 0.3) is 0 Å². The van der Waals surface area contributed by atoms with Gasteiger partial charge in [0.2, 0.25) is 23.6 Å². The number of hydrogen-bond acceptors (Lipinski definition) is 6. The van der Waals surface area contributed by atoms with Crippen LogP contribution in [0, 0.1) is 11.3 Å². The van der Waals surface area contributed by atoms with Gasteiger partial charge in [-0.15, -0.1) is 11.8 Å². The molecule has 3 rings (SSSR count). The fraction of sp³-hybridized carbons (Fsp3) is 0.812. The summed E-state index contributed by atoms with van der Waals surface area (Å²) < 4.78 is 0. The molecule has 0 aromatic carbocycles. The first-order valence-corrected chi connectivity index (χ1v) is 17.0. The van der Waals surface area contributed by atoms with Gasteiger partial charge in [0.15, 0.2) is 0 Å². The summed E-state index contributed by atoms with van der Waals surface area (Å²) in [7, 11) is 1.76. The highest BCUT2D eigenvalue weighted by Gasteiger charge is 2.41. The first-order valence-electron chi connectivity index (χ1n) is 15.8. The van der Waals surface area contributed by atoms with Crippen LogP contribution in [0.3, 0.4) is 0 Å². The highest BCUT2D eigenvalue weighted by atomic mass is 32.2.